The van der Waals surface area contributed by atoms with Gasteiger partial charge in [0.05, 0.1) is 11.4 Å². The highest BCUT2D eigenvalue weighted by molar-refractivity contribution is 5.25. The molecule has 14 heavy (non-hydrogen) atoms. The van der Waals surface area contributed by atoms with Crippen molar-refractivity contribution in [3.63, 3.8) is 0 Å². The Kier molecular flexibility index (Phi) is 2.50. The van der Waals surface area contributed by atoms with Crippen LogP contribution in [0.3, 0.4) is 0 Å². The van der Waals surface area contributed by atoms with Gasteiger partial charge >= 0.3 is 0 Å². The number of nitrogens with zero attached hydrogens (tertiary/aromatic N) is 2. The lowest BCUT2D eigenvalue weighted by Gasteiger charge is -2.17. The third-order valence-electron chi connectivity index (χ3n) is 2.88. The summed E-state index contributed by atoms with van der Waals surface area (Å²) >= 11 is 0. The van der Waals surface area contributed by atoms with Crippen LogP contribution in [0.15, 0.2) is 6.07 Å². The van der Waals surface area contributed by atoms with Crippen LogP contribution < -0.4 is 5.32 Å². The lowest BCUT2D eigenvalue weighted by Crippen LogP contribution is -2.20. The minimum Gasteiger partial charge on any atom is -0.313 e. The standard InChI is InChI=1S/C11H17N3/c1-7-6-10(8(2)14-13-7)11(12-3)9-4-5-9/h6,9,11-12H,4-5H2,1-3H3. The molecule has 1 saturated carbocycles. The van der Waals surface area contributed by atoms with Gasteiger partial charge in [-0.2, -0.15) is 10.2 Å². The molecule has 1 fully saturated rings. The molecule has 0 saturated heterocycles. The average Bonchev–Trinajstić information content (AvgIpc) is 2.96. The Balaban J connectivity index is 2.32. The van der Waals surface area contributed by atoms with Crippen molar-refractivity contribution in [3.05, 3.63) is 23.0 Å². The highest BCUT2D eigenvalue weighted by Gasteiger charge is 2.32. The van der Waals surface area contributed by atoms with Crippen molar-refractivity contribution >= 4 is 0 Å². The Morgan fingerprint density at radius 2 is 2.07 bits per heavy atom. The first-order valence-corrected chi connectivity index (χ1v) is 5.20. The summed E-state index contributed by atoms with van der Waals surface area (Å²) in [6.07, 6.45) is 2.68. The first-order chi connectivity index (χ1) is 6.72. The SMILES string of the molecule is CNC(c1cc(C)nnc1C)C1CC1. The number of aromatic nitrogens is 2. The van der Waals surface area contributed by atoms with Gasteiger partial charge in [0.25, 0.3) is 0 Å². The van der Waals surface area contributed by atoms with Gasteiger partial charge in [-0.05, 0) is 51.3 Å². The second-order valence-electron chi connectivity index (χ2n) is 4.13. The van der Waals surface area contributed by atoms with Crippen LogP contribution in [0.1, 0.15) is 35.8 Å². The van der Waals surface area contributed by atoms with E-state index in [9.17, 15) is 0 Å². The first-order valence-electron chi connectivity index (χ1n) is 5.20. The predicted octanol–water partition coefficient (Wildman–Crippen LogP) is 1.76. The van der Waals surface area contributed by atoms with E-state index in [1.165, 1.54) is 18.4 Å². The van der Waals surface area contributed by atoms with Crippen LogP contribution >= 0.6 is 0 Å². The minimum absolute atomic E-state index is 0.476. The van der Waals surface area contributed by atoms with Gasteiger partial charge in [-0.25, -0.2) is 0 Å². The van der Waals surface area contributed by atoms with E-state index in [-0.39, 0.29) is 0 Å². The molecule has 1 atom stereocenters. The molecular formula is C11H17N3. The first kappa shape index (κ1) is 9.59. The van der Waals surface area contributed by atoms with Crippen molar-refractivity contribution in [1.29, 1.82) is 0 Å². The third-order valence-corrected chi connectivity index (χ3v) is 2.88. The molecule has 0 radical (unpaired) electrons. The molecule has 0 amide bonds. The Hall–Kier alpha value is -0.960. The molecule has 2 rings (SSSR count). The van der Waals surface area contributed by atoms with E-state index in [1.807, 2.05) is 20.9 Å². The second kappa shape index (κ2) is 3.65. The van der Waals surface area contributed by atoms with Crippen LogP contribution in [0.2, 0.25) is 0 Å². The van der Waals surface area contributed by atoms with Crippen molar-refractivity contribution in [1.82, 2.24) is 15.5 Å². The third kappa shape index (κ3) is 1.77. The summed E-state index contributed by atoms with van der Waals surface area (Å²) in [6, 6.07) is 2.63. The summed E-state index contributed by atoms with van der Waals surface area (Å²) in [6.45, 7) is 4.03. The minimum atomic E-state index is 0.476. The zero-order valence-corrected chi connectivity index (χ0v) is 9.04. The maximum Gasteiger partial charge on any atom is 0.0648 e. The fourth-order valence-corrected chi connectivity index (χ4v) is 1.96. The van der Waals surface area contributed by atoms with E-state index in [2.05, 4.69) is 21.6 Å². The molecule has 1 heterocycles. The molecule has 1 aromatic rings. The number of hydrogen-bond acceptors (Lipinski definition) is 3. The monoisotopic (exact) mass is 191 g/mol. The molecule has 1 N–H and O–H groups in total. The van der Waals surface area contributed by atoms with Crippen LogP contribution in [0, 0.1) is 19.8 Å². The lowest BCUT2D eigenvalue weighted by atomic mass is 10.0. The Bertz CT molecular complexity index is 331. The largest absolute Gasteiger partial charge is 0.313 e. The summed E-state index contributed by atoms with van der Waals surface area (Å²) in [5.41, 5.74) is 3.39. The Morgan fingerprint density at radius 3 is 2.64 bits per heavy atom. The zero-order valence-electron chi connectivity index (χ0n) is 9.04. The van der Waals surface area contributed by atoms with E-state index in [4.69, 9.17) is 0 Å². The maximum absolute atomic E-state index is 4.17. The fourth-order valence-electron chi connectivity index (χ4n) is 1.96. The summed E-state index contributed by atoms with van der Waals surface area (Å²) in [4.78, 5) is 0. The second-order valence-corrected chi connectivity index (χ2v) is 4.13. The summed E-state index contributed by atoms with van der Waals surface area (Å²) < 4.78 is 0. The van der Waals surface area contributed by atoms with Crippen molar-refractivity contribution in [2.75, 3.05) is 7.05 Å². The number of rotatable bonds is 3. The van der Waals surface area contributed by atoms with Crippen molar-refractivity contribution in [3.8, 4) is 0 Å². The van der Waals surface area contributed by atoms with Crippen LogP contribution in [-0.4, -0.2) is 17.2 Å². The molecule has 1 aliphatic carbocycles. The van der Waals surface area contributed by atoms with Crippen molar-refractivity contribution in [2.24, 2.45) is 5.92 Å². The topological polar surface area (TPSA) is 37.8 Å². The Morgan fingerprint density at radius 1 is 1.36 bits per heavy atom. The molecule has 3 nitrogen and oxygen atoms in total. The molecule has 1 aliphatic rings. The van der Waals surface area contributed by atoms with Crippen LogP contribution in [-0.2, 0) is 0 Å². The molecular weight excluding hydrogens is 174 g/mol. The molecule has 0 aliphatic heterocycles. The van der Waals surface area contributed by atoms with Gasteiger partial charge < -0.3 is 5.32 Å². The van der Waals surface area contributed by atoms with Crippen LogP contribution in [0.4, 0.5) is 0 Å². The van der Waals surface area contributed by atoms with Gasteiger partial charge in [0.15, 0.2) is 0 Å². The maximum atomic E-state index is 4.17. The van der Waals surface area contributed by atoms with E-state index in [1.54, 1.807) is 0 Å². The number of hydrogen-bond donors (Lipinski definition) is 1. The quantitative estimate of drug-likeness (QED) is 0.791. The van der Waals surface area contributed by atoms with Gasteiger partial charge in [-0.3, -0.25) is 0 Å². The van der Waals surface area contributed by atoms with Crippen LogP contribution in [0.5, 0.6) is 0 Å². The molecule has 0 bridgehead atoms. The molecule has 1 aromatic heterocycles. The molecule has 0 aromatic carbocycles. The average molecular weight is 191 g/mol. The van der Waals surface area contributed by atoms with Crippen LogP contribution in [0.25, 0.3) is 0 Å². The smallest absolute Gasteiger partial charge is 0.0648 e. The van der Waals surface area contributed by atoms with Crippen molar-refractivity contribution in [2.45, 2.75) is 32.7 Å². The Labute approximate surface area is 84.9 Å². The normalized spacial score (nSPS) is 18.2. The molecule has 1 unspecified atom stereocenters. The van der Waals surface area contributed by atoms with Gasteiger partial charge in [-0.15, -0.1) is 0 Å². The van der Waals surface area contributed by atoms with Crippen molar-refractivity contribution < 1.29 is 0 Å². The van der Waals surface area contributed by atoms with E-state index in [0.29, 0.717) is 6.04 Å². The zero-order chi connectivity index (χ0) is 10.1. The lowest BCUT2D eigenvalue weighted by molar-refractivity contribution is 0.521. The summed E-state index contributed by atoms with van der Waals surface area (Å²) in [5.74, 6) is 0.808. The molecule has 0 spiro atoms. The summed E-state index contributed by atoms with van der Waals surface area (Å²) in [5, 5.41) is 11.6. The highest BCUT2D eigenvalue weighted by atomic mass is 15.1. The molecule has 76 valence electrons. The van der Waals surface area contributed by atoms with Gasteiger partial charge in [0.1, 0.15) is 0 Å². The fraction of sp³-hybridized carbons (Fsp3) is 0.636. The number of nitrogens with one attached hydrogen (secondary N) is 1. The van der Waals surface area contributed by atoms with E-state index < -0.39 is 0 Å². The predicted molar refractivity (Wildman–Crippen MR) is 56.0 cm³/mol. The molecule has 3 heteroatoms. The van der Waals surface area contributed by atoms with Gasteiger partial charge in [0.2, 0.25) is 0 Å². The highest BCUT2D eigenvalue weighted by Crippen LogP contribution is 2.41. The van der Waals surface area contributed by atoms with E-state index >= 15 is 0 Å². The van der Waals surface area contributed by atoms with Gasteiger partial charge in [0, 0.05) is 6.04 Å². The summed E-state index contributed by atoms with van der Waals surface area (Å²) in [7, 11) is 2.03. The van der Waals surface area contributed by atoms with E-state index in [0.717, 1.165) is 17.3 Å². The number of aryl methyl sites for hydroxylation is 2. The van der Waals surface area contributed by atoms with Gasteiger partial charge in [-0.1, -0.05) is 0 Å².